The summed E-state index contributed by atoms with van der Waals surface area (Å²) >= 11 is 0. The van der Waals surface area contributed by atoms with Crippen LogP contribution in [0.2, 0.25) is 0 Å². The lowest BCUT2D eigenvalue weighted by atomic mass is 10.4. The molecule has 0 amide bonds. The molecule has 6 heteroatoms. The molecule has 6 nitrogen and oxygen atoms in total. The molecule has 0 spiro atoms. The SMILES string of the molecule is COC(=O)c1cnc(-c2cnc3ccccn23)[nH]1. The minimum absolute atomic E-state index is 0.318. The van der Waals surface area contributed by atoms with Gasteiger partial charge in [0.1, 0.15) is 17.0 Å². The number of rotatable bonds is 2. The van der Waals surface area contributed by atoms with Crippen molar-refractivity contribution < 1.29 is 9.53 Å². The van der Waals surface area contributed by atoms with Crippen molar-refractivity contribution in [1.82, 2.24) is 19.4 Å². The molecule has 0 aromatic carbocycles. The summed E-state index contributed by atoms with van der Waals surface area (Å²) in [5.41, 5.74) is 1.93. The highest BCUT2D eigenvalue weighted by molar-refractivity contribution is 5.87. The van der Waals surface area contributed by atoms with E-state index >= 15 is 0 Å². The zero-order chi connectivity index (χ0) is 12.5. The molecule has 0 unspecified atom stereocenters. The van der Waals surface area contributed by atoms with Gasteiger partial charge < -0.3 is 9.72 Å². The summed E-state index contributed by atoms with van der Waals surface area (Å²) in [4.78, 5) is 22.7. The van der Waals surface area contributed by atoms with Gasteiger partial charge in [0.15, 0.2) is 5.82 Å². The van der Waals surface area contributed by atoms with E-state index in [0.717, 1.165) is 11.3 Å². The Labute approximate surface area is 102 Å². The van der Waals surface area contributed by atoms with E-state index < -0.39 is 5.97 Å². The van der Waals surface area contributed by atoms with Gasteiger partial charge in [-0.25, -0.2) is 14.8 Å². The van der Waals surface area contributed by atoms with Crippen LogP contribution in [0.15, 0.2) is 36.8 Å². The van der Waals surface area contributed by atoms with E-state index in [9.17, 15) is 4.79 Å². The molecule has 0 aliphatic carbocycles. The minimum Gasteiger partial charge on any atom is -0.464 e. The zero-order valence-electron chi connectivity index (χ0n) is 9.62. The van der Waals surface area contributed by atoms with Gasteiger partial charge >= 0.3 is 5.97 Å². The normalized spacial score (nSPS) is 10.7. The van der Waals surface area contributed by atoms with Crippen molar-refractivity contribution in [3.05, 3.63) is 42.5 Å². The molecule has 3 aromatic rings. The van der Waals surface area contributed by atoms with Gasteiger partial charge in [-0.3, -0.25) is 4.40 Å². The van der Waals surface area contributed by atoms with Crippen LogP contribution in [0.4, 0.5) is 0 Å². The van der Waals surface area contributed by atoms with Crippen molar-refractivity contribution >= 4 is 11.6 Å². The molecule has 3 rings (SSSR count). The summed E-state index contributed by atoms with van der Waals surface area (Å²) in [5, 5.41) is 0. The Balaban J connectivity index is 2.09. The molecular formula is C12H10N4O2. The Kier molecular flexibility index (Phi) is 2.33. The molecule has 3 aromatic heterocycles. The highest BCUT2D eigenvalue weighted by atomic mass is 16.5. The van der Waals surface area contributed by atoms with Crippen LogP contribution in [-0.4, -0.2) is 32.4 Å². The van der Waals surface area contributed by atoms with Gasteiger partial charge in [-0.2, -0.15) is 0 Å². The predicted molar refractivity (Wildman–Crippen MR) is 64.1 cm³/mol. The van der Waals surface area contributed by atoms with Crippen LogP contribution in [0, 0.1) is 0 Å². The Bertz CT molecular complexity index is 714. The number of aromatic nitrogens is 4. The lowest BCUT2D eigenvalue weighted by Crippen LogP contribution is -2.01. The van der Waals surface area contributed by atoms with E-state index in [2.05, 4.69) is 19.7 Å². The second-order valence-electron chi connectivity index (χ2n) is 3.71. The molecular weight excluding hydrogens is 232 g/mol. The van der Waals surface area contributed by atoms with Crippen LogP contribution in [-0.2, 0) is 4.74 Å². The molecule has 0 saturated heterocycles. The number of hydrogen-bond acceptors (Lipinski definition) is 4. The number of nitrogens with one attached hydrogen (secondary N) is 1. The van der Waals surface area contributed by atoms with E-state index in [1.807, 2.05) is 28.8 Å². The molecule has 0 fully saturated rings. The predicted octanol–water partition coefficient (Wildman–Crippen LogP) is 1.51. The van der Waals surface area contributed by atoms with Crippen molar-refractivity contribution in [2.24, 2.45) is 0 Å². The average Bonchev–Trinajstić information content (AvgIpc) is 3.03. The number of fused-ring (bicyclic) bond motifs is 1. The van der Waals surface area contributed by atoms with Gasteiger partial charge in [-0.1, -0.05) is 6.07 Å². The van der Waals surface area contributed by atoms with Gasteiger partial charge in [0.25, 0.3) is 0 Å². The summed E-state index contributed by atoms with van der Waals surface area (Å²) in [6, 6.07) is 5.71. The molecule has 0 aliphatic heterocycles. The summed E-state index contributed by atoms with van der Waals surface area (Å²) in [5.74, 6) is 0.136. The Morgan fingerprint density at radius 1 is 1.33 bits per heavy atom. The van der Waals surface area contributed by atoms with Gasteiger partial charge in [-0.15, -0.1) is 0 Å². The van der Waals surface area contributed by atoms with Gasteiger partial charge in [-0.05, 0) is 12.1 Å². The minimum atomic E-state index is -0.442. The first-order chi connectivity index (χ1) is 8.79. The van der Waals surface area contributed by atoms with Crippen molar-refractivity contribution in [3.63, 3.8) is 0 Å². The standard InChI is InChI=1S/C12H10N4O2/c1-18-12(17)8-6-14-11(15-8)9-7-13-10-4-2-3-5-16(9)10/h2-7H,1H3,(H,14,15). The number of esters is 1. The summed E-state index contributed by atoms with van der Waals surface area (Å²) < 4.78 is 6.51. The van der Waals surface area contributed by atoms with Crippen LogP contribution in [0.5, 0.6) is 0 Å². The number of hydrogen-bond donors (Lipinski definition) is 1. The third-order valence-corrected chi connectivity index (χ3v) is 2.64. The van der Waals surface area contributed by atoms with Crippen molar-refractivity contribution in [2.75, 3.05) is 7.11 Å². The first-order valence-electron chi connectivity index (χ1n) is 5.35. The number of carbonyl (C=O) groups is 1. The maximum absolute atomic E-state index is 11.3. The van der Waals surface area contributed by atoms with Crippen LogP contribution in [0.3, 0.4) is 0 Å². The number of nitrogens with zero attached hydrogens (tertiary/aromatic N) is 3. The number of aromatic amines is 1. The lowest BCUT2D eigenvalue weighted by Gasteiger charge is -1.97. The maximum Gasteiger partial charge on any atom is 0.356 e. The fraction of sp³-hybridized carbons (Fsp3) is 0.0833. The quantitative estimate of drug-likeness (QED) is 0.691. The van der Waals surface area contributed by atoms with E-state index in [1.54, 1.807) is 6.20 Å². The molecule has 0 atom stereocenters. The number of H-pyrrole nitrogens is 1. The average molecular weight is 242 g/mol. The lowest BCUT2D eigenvalue weighted by molar-refractivity contribution is 0.0595. The van der Waals surface area contributed by atoms with Crippen LogP contribution >= 0.6 is 0 Å². The Morgan fingerprint density at radius 2 is 2.22 bits per heavy atom. The van der Waals surface area contributed by atoms with E-state index in [0.29, 0.717) is 11.5 Å². The van der Waals surface area contributed by atoms with Gasteiger partial charge in [0.05, 0.1) is 19.5 Å². The highest BCUT2D eigenvalue weighted by Crippen LogP contribution is 2.17. The molecule has 0 bridgehead atoms. The van der Waals surface area contributed by atoms with Crippen molar-refractivity contribution in [1.29, 1.82) is 0 Å². The molecule has 0 aliphatic rings. The third kappa shape index (κ3) is 1.55. The van der Waals surface area contributed by atoms with E-state index in [4.69, 9.17) is 0 Å². The first-order valence-corrected chi connectivity index (χ1v) is 5.35. The number of pyridine rings is 1. The topological polar surface area (TPSA) is 72.3 Å². The van der Waals surface area contributed by atoms with E-state index in [1.165, 1.54) is 13.3 Å². The largest absolute Gasteiger partial charge is 0.464 e. The van der Waals surface area contributed by atoms with Crippen LogP contribution in [0.25, 0.3) is 17.2 Å². The Morgan fingerprint density at radius 3 is 3.06 bits per heavy atom. The highest BCUT2D eigenvalue weighted by Gasteiger charge is 2.13. The number of imidazole rings is 2. The van der Waals surface area contributed by atoms with Crippen LogP contribution in [0.1, 0.15) is 10.5 Å². The van der Waals surface area contributed by atoms with Crippen molar-refractivity contribution in [2.45, 2.75) is 0 Å². The maximum atomic E-state index is 11.3. The molecule has 0 saturated carbocycles. The fourth-order valence-electron chi connectivity index (χ4n) is 1.77. The molecule has 90 valence electrons. The number of methoxy groups -OCH3 is 1. The summed E-state index contributed by atoms with van der Waals surface area (Å²) in [6.07, 6.45) is 5.04. The third-order valence-electron chi connectivity index (χ3n) is 2.64. The van der Waals surface area contributed by atoms with Gasteiger partial charge in [0.2, 0.25) is 0 Å². The molecule has 0 radical (unpaired) electrons. The first kappa shape index (κ1) is 10.5. The van der Waals surface area contributed by atoms with Gasteiger partial charge in [0, 0.05) is 6.20 Å². The number of carbonyl (C=O) groups excluding carboxylic acids is 1. The summed E-state index contributed by atoms with van der Waals surface area (Å²) in [6.45, 7) is 0. The fourth-order valence-corrected chi connectivity index (χ4v) is 1.77. The van der Waals surface area contributed by atoms with E-state index in [-0.39, 0.29) is 0 Å². The second-order valence-corrected chi connectivity index (χ2v) is 3.71. The van der Waals surface area contributed by atoms with Crippen LogP contribution < -0.4 is 0 Å². The zero-order valence-corrected chi connectivity index (χ0v) is 9.62. The molecule has 3 heterocycles. The second kappa shape index (κ2) is 3.99. The monoisotopic (exact) mass is 242 g/mol. The molecule has 18 heavy (non-hydrogen) atoms. The smallest absolute Gasteiger partial charge is 0.356 e. The molecule has 1 N–H and O–H groups in total. The number of ether oxygens (including phenoxy) is 1. The Hall–Kier alpha value is -2.63. The summed E-state index contributed by atoms with van der Waals surface area (Å²) in [7, 11) is 1.33. The van der Waals surface area contributed by atoms with Crippen molar-refractivity contribution in [3.8, 4) is 11.5 Å².